The molecule has 18 heavy (non-hydrogen) atoms. The molecule has 1 aromatic rings. The van der Waals surface area contributed by atoms with Crippen LogP contribution in [0.1, 0.15) is 43.2 Å². The molecule has 0 amide bonds. The predicted octanol–water partition coefficient (Wildman–Crippen LogP) is 4.62. The third-order valence-electron chi connectivity index (χ3n) is 4.98. The van der Waals surface area contributed by atoms with Gasteiger partial charge in [0.2, 0.25) is 0 Å². The molecule has 3 rings (SSSR count). The molecule has 1 aromatic carbocycles. The molecule has 1 spiro atoms. The van der Waals surface area contributed by atoms with Crippen LogP contribution in [0.5, 0.6) is 5.75 Å². The first-order valence-corrected chi connectivity index (χ1v) is 7.43. The summed E-state index contributed by atoms with van der Waals surface area (Å²) in [5.74, 6) is 1.01. The van der Waals surface area contributed by atoms with E-state index in [2.05, 4.69) is 32.0 Å². The lowest BCUT2D eigenvalue weighted by Gasteiger charge is -2.51. The highest BCUT2D eigenvalue weighted by atomic mass is 35.5. The fourth-order valence-corrected chi connectivity index (χ4v) is 4.00. The van der Waals surface area contributed by atoms with Crippen molar-refractivity contribution in [1.29, 1.82) is 0 Å². The number of ether oxygens (including phenoxy) is 1. The molecule has 2 unspecified atom stereocenters. The standard InChI is InChI=1S/C16H21ClO/c1-11-5-6-13(9-12(11)2)18-15-10-14(17)16(15)7-3-4-8-16/h5-6,9,14-15H,3-4,7-8,10H2,1-2H3. The second kappa shape index (κ2) is 4.45. The van der Waals surface area contributed by atoms with Gasteiger partial charge in [-0.25, -0.2) is 0 Å². The molecule has 0 N–H and O–H groups in total. The molecule has 0 heterocycles. The van der Waals surface area contributed by atoms with Crippen molar-refractivity contribution in [1.82, 2.24) is 0 Å². The van der Waals surface area contributed by atoms with Gasteiger partial charge in [-0.15, -0.1) is 11.6 Å². The van der Waals surface area contributed by atoms with Gasteiger partial charge in [0, 0.05) is 17.2 Å². The maximum atomic E-state index is 6.45. The summed E-state index contributed by atoms with van der Waals surface area (Å²) in [6.07, 6.45) is 6.47. The van der Waals surface area contributed by atoms with Gasteiger partial charge in [0.25, 0.3) is 0 Å². The summed E-state index contributed by atoms with van der Waals surface area (Å²) < 4.78 is 6.21. The monoisotopic (exact) mass is 264 g/mol. The Bertz CT molecular complexity index is 448. The molecule has 98 valence electrons. The van der Waals surface area contributed by atoms with Gasteiger partial charge >= 0.3 is 0 Å². The minimum atomic E-state index is 0.278. The van der Waals surface area contributed by atoms with Gasteiger partial charge in [0.05, 0.1) is 0 Å². The number of rotatable bonds is 2. The summed E-state index contributed by atoms with van der Waals surface area (Å²) in [5.41, 5.74) is 2.90. The first-order valence-electron chi connectivity index (χ1n) is 7.00. The van der Waals surface area contributed by atoms with Crippen LogP contribution in [-0.2, 0) is 0 Å². The lowest BCUT2D eigenvalue weighted by molar-refractivity contribution is -0.0355. The van der Waals surface area contributed by atoms with Crippen LogP contribution in [0.15, 0.2) is 18.2 Å². The Morgan fingerprint density at radius 3 is 2.50 bits per heavy atom. The van der Waals surface area contributed by atoms with Crippen molar-refractivity contribution in [2.24, 2.45) is 5.41 Å². The number of aryl methyl sites for hydroxylation is 2. The normalized spacial score (nSPS) is 29.3. The van der Waals surface area contributed by atoms with Gasteiger partial charge in [0.1, 0.15) is 11.9 Å². The van der Waals surface area contributed by atoms with Crippen LogP contribution in [0.4, 0.5) is 0 Å². The molecule has 1 nitrogen and oxygen atoms in total. The Balaban J connectivity index is 1.75. The fraction of sp³-hybridized carbons (Fsp3) is 0.625. The van der Waals surface area contributed by atoms with Crippen LogP contribution < -0.4 is 4.74 Å². The van der Waals surface area contributed by atoms with Crippen molar-refractivity contribution in [3.63, 3.8) is 0 Å². The topological polar surface area (TPSA) is 9.23 Å². The average molecular weight is 265 g/mol. The molecular weight excluding hydrogens is 244 g/mol. The molecule has 2 fully saturated rings. The summed E-state index contributed by atoms with van der Waals surface area (Å²) in [7, 11) is 0. The largest absolute Gasteiger partial charge is 0.490 e. The van der Waals surface area contributed by atoms with E-state index in [4.69, 9.17) is 16.3 Å². The van der Waals surface area contributed by atoms with E-state index in [1.54, 1.807) is 0 Å². The Labute approximate surface area is 114 Å². The number of alkyl halides is 1. The van der Waals surface area contributed by atoms with Crippen LogP contribution in [0, 0.1) is 19.3 Å². The lowest BCUT2D eigenvalue weighted by atomic mass is 9.64. The molecular formula is C16H21ClO. The third-order valence-corrected chi connectivity index (χ3v) is 5.59. The smallest absolute Gasteiger partial charge is 0.120 e. The molecule has 2 atom stereocenters. The van der Waals surface area contributed by atoms with Crippen molar-refractivity contribution in [2.75, 3.05) is 0 Å². The molecule has 0 aliphatic heterocycles. The van der Waals surface area contributed by atoms with Crippen LogP contribution in [0.3, 0.4) is 0 Å². The van der Waals surface area contributed by atoms with E-state index in [1.165, 1.54) is 36.8 Å². The van der Waals surface area contributed by atoms with E-state index in [9.17, 15) is 0 Å². The molecule has 2 aliphatic carbocycles. The van der Waals surface area contributed by atoms with E-state index in [0.29, 0.717) is 11.5 Å². The molecule has 0 saturated heterocycles. The van der Waals surface area contributed by atoms with Crippen LogP contribution >= 0.6 is 11.6 Å². The van der Waals surface area contributed by atoms with Gasteiger partial charge in [-0.3, -0.25) is 0 Å². The summed E-state index contributed by atoms with van der Waals surface area (Å²) in [4.78, 5) is 0. The van der Waals surface area contributed by atoms with Crippen molar-refractivity contribution >= 4 is 11.6 Å². The highest BCUT2D eigenvalue weighted by Gasteiger charge is 2.56. The van der Waals surface area contributed by atoms with Crippen molar-refractivity contribution in [3.05, 3.63) is 29.3 Å². The summed E-state index contributed by atoms with van der Waals surface area (Å²) in [5, 5.41) is 0.330. The van der Waals surface area contributed by atoms with Gasteiger partial charge in [-0.05, 0) is 49.9 Å². The molecule has 2 heteroatoms. The Morgan fingerprint density at radius 2 is 1.89 bits per heavy atom. The van der Waals surface area contributed by atoms with Gasteiger partial charge in [0.15, 0.2) is 0 Å². The maximum absolute atomic E-state index is 6.45. The molecule has 0 radical (unpaired) electrons. The zero-order valence-corrected chi connectivity index (χ0v) is 12.0. The number of hydrogen-bond acceptors (Lipinski definition) is 1. The van der Waals surface area contributed by atoms with E-state index in [0.717, 1.165) is 12.2 Å². The minimum Gasteiger partial charge on any atom is -0.490 e. The van der Waals surface area contributed by atoms with E-state index >= 15 is 0 Å². The molecule has 2 aliphatic rings. The Kier molecular flexibility index (Phi) is 3.05. The zero-order valence-electron chi connectivity index (χ0n) is 11.2. The van der Waals surface area contributed by atoms with Crippen LogP contribution in [0.2, 0.25) is 0 Å². The van der Waals surface area contributed by atoms with E-state index in [-0.39, 0.29) is 5.41 Å². The first-order chi connectivity index (χ1) is 8.62. The third kappa shape index (κ3) is 1.84. The lowest BCUT2D eigenvalue weighted by Crippen LogP contribution is -2.55. The highest BCUT2D eigenvalue weighted by molar-refractivity contribution is 6.21. The second-order valence-electron chi connectivity index (χ2n) is 6.00. The van der Waals surface area contributed by atoms with Gasteiger partial charge < -0.3 is 4.74 Å². The predicted molar refractivity (Wildman–Crippen MR) is 75.5 cm³/mol. The SMILES string of the molecule is Cc1ccc(OC2CC(Cl)C23CCCC3)cc1C. The van der Waals surface area contributed by atoms with Crippen molar-refractivity contribution < 1.29 is 4.74 Å². The number of hydrogen-bond donors (Lipinski definition) is 0. The summed E-state index contributed by atoms with van der Waals surface area (Å²) in [6, 6.07) is 6.38. The van der Waals surface area contributed by atoms with Crippen molar-refractivity contribution in [2.45, 2.75) is 57.4 Å². The molecule has 2 saturated carbocycles. The minimum absolute atomic E-state index is 0.278. The van der Waals surface area contributed by atoms with E-state index in [1.807, 2.05) is 0 Å². The number of benzene rings is 1. The Hall–Kier alpha value is -0.690. The zero-order chi connectivity index (χ0) is 12.8. The van der Waals surface area contributed by atoms with E-state index < -0.39 is 0 Å². The summed E-state index contributed by atoms with van der Waals surface area (Å²) in [6.45, 7) is 4.27. The fourth-order valence-electron chi connectivity index (χ4n) is 3.48. The van der Waals surface area contributed by atoms with Gasteiger partial charge in [-0.1, -0.05) is 18.9 Å². The van der Waals surface area contributed by atoms with Crippen molar-refractivity contribution in [3.8, 4) is 5.75 Å². The number of halogens is 1. The van der Waals surface area contributed by atoms with Crippen LogP contribution in [0.25, 0.3) is 0 Å². The highest BCUT2D eigenvalue weighted by Crippen LogP contribution is 2.57. The second-order valence-corrected chi connectivity index (χ2v) is 6.52. The van der Waals surface area contributed by atoms with Gasteiger partial charge in [-0.2, -0.15) is 0 Å². The maximum Gasteiger partial charge on any atom is 0.120 e. The quantitative estimate of drug-likeness (QED) is 0.708. The first kappa shape index (κ1) is 12.3. The Morgan fingerprint density at radius 1 is 1.17 bits per heavy atom. The molecule has 0 bridgehead atoms. The average Bonchev–Trinajstić information content (AvgIpc) is 2.85. The summed E-state index contributed by atoms with van der Waals surface area (Å²) >= 11 is 6.45. The van der Waals surface area contributed by atoms with Crippen LogP contribution in [-0.4, -0.2) is 11.5 Å². The molecule has 0 aromatic heterocycles.